The van der Waals surface area contributed by atoms with Crippen LogP contribution in [0.4, 0.5) is 4.39 Å². The highest BCUT2D eigenvalue weighted by Gasteiger charge is 2.31. The van der Waals surface area contributed by atoms with Gasteiger partial charge in [0.25, 0.3) is 5.91 Å². The minimum absolute atomic E-state index is 0.0560. The van der Waals surface area contributed by atoms with Crippen LogP contribution in [-0.4, -0.2) is 34.6 Å². The topological polar surface area (TPSA) is 71.6 Å². The maximum Gasteiger partial charge on any atom is 0.274 e. The average Bonchev–Trinajstić information content (AvgIpc) is 3.39. The summed E-state index contributed by atoms with van der Waals surface area (Å²) in [5.74, 6) is 0.268. The minimum atomic E-state index is -0.220. The number of aryl methyl sites for hydroxylation is 1. The van der Waals surface area contributed by atoms with E-state index in [2.05, 4.69) is 9.98 Å². The van der Waals surface area contributed by atoms with Gasteiger partial charge in [0.1, 0.15) is 16.5 Å². The van der Waals surface area contributed by atoms with E-state index in [-0.39, 0.29) is 11.7 Å². The van der Waals surface area contributed by atoms with Crippen molar-refractivity contribution in [1.82, 2.24) is 9.88 Å². The van der Waals surface area contributed by atoms with Crippen molar-refractivity contribution in [2.45, 2.75) is 39.2 Å². The van der Waals surface area contributed by atoms with Gasteiger partial charge in [-0.3, -0.25) is 9.79 Å². The molecule has 2 aromatic rings. The summed E-state index contributed by atoms with van der Waals surface area (Å²) < 4.78 is 13.8. The normalized spacial score (nSPS) is 17.2. The van der Waals surface area contributed by atoms with Crippen molar-refractivity contribution in [2.24, 2.45) is 16.6 Å². The van der Waals surface area contributed by atoms with Crippen molar-refractivity contribution in [1.29, 1.82) is 0 Å². The Kier molecular flexibility index (Phi) is 6.08. The van der Waals surface area contributed by atoms with Crippen LogP contribution < -0.4 is 5.73 Å². The zero-order chi connectivity index (χ0) is 22.9. The smallest absolute Gasteiger partial charge is 0.274 e. The Morgan fingerprint density at radius 1 is 1.30 bits per heavy atom. The molecule has 0 atom stereocenters. The first-order chi connectivity index (χ1) is 16.0. The van der Waals surface area contributed by atoms with E-state index in [0.717, 1.165) is 57.3 Å². The molecule has 2 heterocycles. The van der Waals surface area contributed by atoms with Crippen LogP contribution in [0.5, 0.6) is 0 Å². The summed E-state index contributed by atoms with van der Waals surface area (Å²) in [5.41, 5.74) is 11.3. The number of allylic oxidation sites excluding steroid dienone is 4. The molecule has 1 aromatic heterocycles. The molecule has 0 unspecified atom stereocenters. The summed E-state index contributed by atoms with van der Waals surface area (Å²) >= 11 is 1.50. The fourth-order valence-electron chi connectivity index (χ4n) is 4.31. The fraction of sp³-hybridized carbons (Fsp3) is 0.346. The summed E-state index contributed by atoms with van der Waals surface area (Å²) in [6.07, 6.45) is 8.38. The molecule has 5 rings (SSSR count). The monoisotopic (exact) mass is 462 g/mol. The number of rotatable bonds is 8. The van der Waals surface area contributed by atoms with E-state index in [9.17, 15) is 9.18 Å². The molecule has 2 N–H and O–H groups in total. The molecule has 170 valence electrons. The second kappa shape index (κ2) is 9.15. The van der Waals surface area contributed by atoms with Gasteiger partial charge in [0, 0.05) is 37.8 Å². The number of fused-ring (bicyclic) bond motifs is 1. The van der Waals surface area contributed by atoms with Crippen molar-refractivity contribution in [3.8, 4) is 10.4 Å². The number of aliphatic imine (C=N–C) groups is 1. The van der Waals surface area contributed by atoms with Crippen molar-refractivity contribution >= 4 is 23.0 Å². The number of hydrogen-bond donors (Lipinski definition) is 1. The molecule has 1 fully saturated rings. The van der Waals surface area contributed by atoms with Gasteiger partial charge in [-0.25, -0.2) is 9.37 Å². The molecule has 0 saturated heterocycles. The van der Waals surface area contributed by atoms with Crippen LogP contribution in [-0.2, 0) is 6.54 Å². The van der Waals surface area contributed by atoms with Gasteiger partial charge in [0.15, 0.2) is 0 Å². The summed E-state index contributed by atoms with van der Waals surface area (Å²) in [6.45, 7) is 3.62. The molecule has 1 saturated carbocycles. The van der Waals surface area contributed by atoms with E-state index in [1.54, 1.807) is 12.2 Å². The highest BCUT2D eigenvalue weighted by molar-refractivity contribution is 7.15. The van der Waals surface area contributed by atoms with Crippen LogP contribution in [0, 0.1) is 12.8 Å². The van der Waals surface area contributed by atoms with Crippen molar-refractivity contribution in [3.05, 3.63) is 75.9 Å². The van der Waals surface area contributed by atoms with Gasteiger partial charge in [-0.05, 0) is 61.0 Å². The zero-order valence-electron chi connectivity index (χ0n) is 18.7. The molecule has 0 spiro atoms. The van der Waals surface area contributed by atoms with Gasteiger partial charge in [0.05, 0.1) is 10.6 Å². The molecular formula is C26H27FN4OS. The lowest BCUT2D eigenvalue weighted by Gasteiger charge is -2.23. The third kappa shape index (κ3) is 4.61. The van der Waals surface area contributed by atoms with Crippen molar-refractivity contribution in [3.63, 3.8) is 0 Å². The second-order valence-corrected chi connectivity index (χ2v) is 9.91. The predicted octanol–water partition coefficient (Wildman–Crippen LogP) is 5.34. The Hall–Kier alpha value is -2.90. The van der Waals surface area contributed by atoms with E-state index >= 15 is 0 Å². The van der Waals surface area contributed by atoms with Crippen LogP contribution in [0.3, 0.4) is 0 Å². The number of aromatic nitrogens is 1. The highest BCUT2D eigenvalue weighted by Crippen LogP contribution is 2.36. The van der Waals surface area contributed by atoms with Crippen LogP contribution in [0.2, 0.25) is 0 Å². The molecule has 1 aliphatic heterocycles. The molecule has 2 aliphatic carbocycles. The van der Waals surface area contributed by atoms with Gasteiger partial charge in [0.2, 0.25) is 0 Å². The van der Waals surface area contributed by atoms with Crippen LogP contribution in [0.1, 0.15) is 46.7 Å². The highest BCUT2D eigenvalue weighted by atomic mass is 32.1. The molecule has 0 radical (unpaired) electrons. The summed E-state index contributed by atoms with van der Waals surface area (Å²) in [5, 5.41) is 0.758. The van der Waals surface area contributed by atoms with Gasteiger partial charge in [-0.1, -0.05) is 24.3 Å². The maximum atomic E-state index is 13.8. The number of benzene rings is 1. The molecule has 1 amide bonds. The molecular weight excluding hydrogens is 435 g/mol. The quantitative estimate of drug-likeness (QED) is 0.575. The van der Waals surface area contributed by atoms with Gasteiger partial charge in [-0.2, -0.15) is 0 Å². The Morgan fingerprint density at radius 2 is 2.12 bits per heavy atom. The largest absolute Gasteiger partial charge is 0.337 e. The number of hydrogen-bond acceptors (Lipinski definition) is 5. The Labute approximate surface area is 197 Å². The summed E-state index contributed by atoms with van der Waals surface area (Å²) in [7, 11) is 0. The number of amides is 1. The number of nitrogens with two attached hydrogens (primary N) is 1. The summed E-state index contributed by atoms with van der Waals surface area (Å²) in [6, 6.07) is 8.05. The number of nitrogens with zero attached hydrogens (tertiary/aromatic N) is 3. The number of halogens is 1. The number of carbonyl (C=O) groups excluding carboxylic acids is 1. The van der Waals surface area contributed by atoms with Crippen LogP contribution >= 0.6 is 11.3 Å². The maximum absolute atomic E-state index is 13.8. The van der Waals surface area contributed by atoms with Gasteiger partial charge < -0.3 is 10.6 Å². The standard InChI is InChI=1S/C26H27FN4OS/c1-16-4-2-3-5-20(16)25-24(30-23(13-28)33-25)26(32)31(15-17-6-7-17)11-10-18-14-29-22-9-8-19(27)12-21(18)22/h2-5,8,12,14,17H,6-7,9-11,13,15,28H2,1H3. The first kappa shape index (κ1) is 21.9. The van der Waals surface area contributed by atoms with Gasteiger partial charge in [-0.15, -0.1) is 11.3 Å². The SMILES string of the molecule is Cc1ccccc1-c1sc(CN)nc1C(=O)N(CCC1=CN=C2CC=C(F)C=C12)CC1CC1. The third-order valence-corrected chi connectivity index (χ3v) is 7.47. The van der Waals surface area contributed by atoms with E-state index in [0.29, 0.717) is 37.5 Å². The van der Waals surface area contributed by atoms with E-state index in [1.165, 1.54) is 11.3 Å². The molecule has 33 heavy (non-hydrogen) atoms. The molecule has 5 nitrogen and oxygen atoms in total. The average molecular weight is 463 g/mol. The molecule has 0 bridgehead atoms. The van der Waals surface area contributed by atoms with Crippen LogP contribution in [0.25, 0.3) is 10.4 Å². The summed E-state index contributed by atoms with van der Waals surface area (Å²) in [4.78, 5) is 25.7. The molecule has 7 heteroatoms. The first-order valence-corrected chi connectivity index (χ1v) is 12.2. The third-order valence-electron chi connectivity index (χ3n) is 6.36. The van der Waals surface area contributed by atoms with Crippen LogP contribution in [0.15, 0.2) is 64.6 Å². The lowest BCUT2D eigenvalue weighted by atomic mass is 9.95. The lowest BCUT2D eigenvalue weighted by molar-refractivity contribution is 0.0745. The van der Waals surface area contributed by atoms with E-state index in [4.69, 9.17) is 5.73 Å². The van der Waals surface area contributed by atoms with Crippen molar-refractivity contribution < 1.29 is 9.18 Å². The Morgan fingerprint density at radius 3 is 2.88 bits per heavy atom. The van der Waals surface area contributed by atoms with Gasteiger partial charge >= 0.3 is 0 Å². The number of thiazole rings is 1. The lowest BCUT2D eigenvalue weighted by Crippen LogP contribution is -2.34. The first-order valence-electron chi connectivity index (χ1n) is 11.4. The Balaban J connectivity index is 1.40. The van der Waals surface area contributed by atoms with E-state index in [1.807, 2.05) is 42.3 Å². The fourth-order valence-corrected chi connectivity index (χ4v) is 5.33. The second-order valence-electron chi connectivity index (χ2n) is 8.83. The Bertz CT molecular complexity index is 1220. The van der Waals surface area contributed by atoms with E-state index < -0.39 is 0 Å². The number of carbonyl (C=O) groups is 1. The zero-order valence-corrected chi connectivity index (χ0v) is 19.5. The predicted molar refractivity (Wildman–Crippen MR) is 131 cm³/mol. The van der Waals surface area contributed by atoms with Crippen molar-refractivity contribution in [2.75, 3.05) is 13.1 Å². The minimum Gasteiger partial charge on any atom is -0.337 e. The molecule has 3 aliphatic rings. The molecule has 1 aromatic carbocycles.